The van der Waals surface area contributed by atoms with Gasteiger partial charge in [-0.25, -0.2) is 9.18 Å². The number of aliphatic carboxylic acids is 1. The average molecular weight is 372 g/mol. The standard InChI is InChI=1S/C15H9BrClFO3/c16-10-5-6-13(12(18)8-10)21-15-9(4-7-14(19)20)2-1-3-11(15)17/h1-8H,(H,19,20)/b7-4+. The highest BCUT2D eigenvalue weighted by atomic mass is 79.9. The quantitative estimate of drug-likeness (QED) is 0.758. The average Bonchev–Trinajstić information content (AvgIpc) is 2.42. The van der Waals surface area contributed by atoms with Crippen LogP contribution in [0, 0.1) is 5.82 Å². The van der Waals surface area contributed by atoms with Crippen molar-refractivity contribution in [2.45, 2.75) is 0 Å². The summed E-state index contributed by atoms with van der Waals surface area (Å²) < 4.78 is 19.9. The van der Waals surface area contributed by atoms with E-state index in [9.17, 15) is 9.18 Å². The number of benzene rings is 2. The Hall–Kier alpha value is -1.85. The molecule has 0 saturated heterocycles. The molecular formula is C15H9BrClFO3. The molecule has 6 heteroatoms. The molecule has 2 aromatic rings. The number of halogens is 3. The van der Waals surface area contributed by atoms with Crippen molar-refractivity contribution >= 4 is 39.6 Å². The van der Waals surface area contributed by atoms with Crippen molar-refractivity contribution in [1.29, 1.82) is 0 Å². The second-order valence-electron chi connectivity index (χ2n) is 4.01. The van der Waals surface area contributed by atoms with Gasteiger partial charge in [0.25, 0.3) is 0 Å². The third-order valence-electron chi connectivity index (χ3n) is 2.51. The zero-order chi connectivity index (χ0) is 15.4. The number of carboxylic acid groups (broad SMARTS) is 1. The highest BCUT2D eigenvalue weighted by Crippen LogP contribution is 2.35. The first kappa shape index (κ1) is 15.5. The minimum atomic E-state index is -1.10. The summed E-state index contributed by atoms with van der Waals surface area (Å²) in [7, 11) is 0. The number of hydrogen-bond acceptors (Lipinski definition) is 2. The molecule has 0 aliphatic heterocycles. The van der Waals surface area contributed by atoms with Crippen molar-refractivity contribution in [3.63, 3.8) is 0 Å². The van der Waals surface area contributed by atoms with Crippen LogP contribution in [-0.4, -0.2) is 11.1 Å². The van der Waals surface area contributed by atoms with Crippen molar-refractivity contribution in [2.24, 2.45) is 0 Å². The SMILES string of the molecule is O=C(O)/C=C/c1cccc(Cl)c1Oc1ccc(Br)cc1F. The van der Waals surface area contributed by atoms with E-state index in [1.54, 1.807) is 24.3 Å². The van der Waals surface area contributed by atoms with Crippen LogP contribution in [0.4, 0.5) is 4.39 Å². The molecular weight excluding hydrogens is 363 g/mol. The molecule has 1 N–H and O–H groups in total. The minimum Gasteiger partial charge on any atom is -0.478 e. The summed E-state index contributed by atoms with van der Waals surface area (Å²) in [6.45, 7) is 0. The third kappa shape index (κ3) is 4.06. The van der Waals surface area contributed by atoms with E-state index in [2.05, 4.69) is 15.9 Å². The second kappa shape index (κ2) is 6.74. The van der Waals surface area contributed by atoms with Gasteiger partial charge in [-0.3, -0.25) is 0 Å². The van der Waals surface area contributed by atoms with E-state index in [-0.39, 0.29) is 16.5 Å². The number of rotatable bonds is 4. The van der Waals surface area contributed by atoms with Gasteiger partial charge in [-0.2, -0.15) is 0 Å². The summed E-state index contributed by atoms with van der Waals surface area (Å²) in [5.41, 5.74) is 0.437. The molecule has 21 heavy (non-hydrogen) atoms. The Bertz CT molecular complexity index is 716. The van der Waals surface area contributed by atoms with Gasteiger partial charge in [-0.1, -0.05) is 39.7 Å². The van der Waals surface area contributed by atoms with Crippen LogP contribution < -0.4 is 4.74 Å². The Morgan fingerprint density at radius 1 is 1.33 bits per heavy atom. The molecule has 0 bridgehead atoms. The lowest BCUT2D eigenvalue weighted by atomic mass is 10.2. The molecule has 108 valence electrons. The van der Waals surface area contributed by atoms with Crippen LogP contribution in [0.15, 0.2) is 46.9 Å². The maximum atomic E-state index is 13.8. The second-order valence-corrected chi connectivity index (χ2v) is 5.33. The molecule has 0 aromatic heterocycles. The first-order valence-electron chi connectivity index (χ1n) is 5.80. The van der Waals surface area contributed by atoms with Crippen LogP contribution in [0.5, 0.6) is 11.5 Å². The van der Waals surface area contributed by atoms with Crippen LogP contribution in [0.25, 0.3) is 6.08 Å². The van der Waals surface area contributed by atoms with Gasteiger partial charge in [0.2, 0.25) is 0 Å². The van der Waals surface area contributed by atoms with Gasteiger partial charge in [0.05, 0.1) is 5.02 Å². The van der Waals surface area contributed by atoms with Gasteiger partial charge in [0.1, 0.15) is 0 Å². The lowest BCUT2D eigenvalue weighted by Gasteiger charge is -2.11. The van der Waals surface area contributed by atoms with Crippen LogP contribution in [0.3, 0.4) is 0 Å². The molecule has 2 aromatic carbocycles. The number of carbonyl (C=O) groups is 1. The summed E-state index contributed by atoms with van der Waals surface area (Å²) >= 11 is 9.19. The topological polar surface area (TPSA) is 46.5 Å². The van der Waals surface area contributed by atoms with Gasteiger partial charge in [-0.15, -0.1) is 0 Å². The maximum Gasteiger partial charge on any atom is 0.328 e. The van der Waals surface area contributed by atoms with Gasteiger partial charge in [0.15, 0.2) is 17.3 Å². The van der Waals surface area contributed by atoms with E-state index < -0.39 is 11.8 Å². The highest BCUT2D eigenvalue weighted by Gasteiger charge is 2.11. The maximum absolute atomic E-state index is 13.8. The number of hydrogen-bond donors (Lipinski definition) is 1. The van der Waals surface area contributed by atoms with Crippen molar-refractivity contribution in [2.75, 3.05) is 0 Å². The molecule has 2 rings (SSSR count). The largest absolute Gasteiger partial charge is 0.478 e. The van der Waals surface area contributed by atoms with Crippen LogP contribution in [0.1, 0.15) is 5.56 Å². The molecule has 0 amide bonds. The minimum absolute atomic E-state index is 0.00345. The molecule has 0 saturated carbocycles. The Labute approximate surface area is 133 Å². The molecule has 0 spiro atoms. The summed E-state index contributed by atoms with van der Waals surface area (Å²) in [4.78, 5) is 10.6. The van der Waals surface area contributed by atoms with E-state index in [1.165, 1.54) is 18.2 Å². The monoisotopic (exact) mass is 370 g/mol. The van der Waals surface area contributed by atoms with Crippen LogP contribution in [-0.2, 0) is 4.79 Å². The Morgan fingerprint density at radius 3 is 2.76 bits per heavy atom. The summed E-state index contributed by atoms with van der Waals surface area (Å²) in [6.07, 6.45) is 2.29. The van der Waals surface area contributed by atoms with Crippen molar-refractivity contribution in [3.05, 3.63) is 63.4 Å². The zero-order valence-corrected chi connectivity index (χ0v) is 12.9. The van der Waals surface area contributed by atoms with Gasteiger partial charge >= 0.3 is 5.97 Å². The molecule has 3 nitrogen and oxygen atoms in total. The first-order valence-corrected chi connectivity index (χ1v) is 6.97. The van der Waals surface area contributed by atoms with E-state index in [1.807, 2.05) is 0 Å². The van der Waals surface area contributed by atoms with Crippen LogP contribution in [0.2, 0.25) is 5.02 Å². The Morgan fingerprint density at radius 2 is 2.10 bits per heavy atom. The van der Waals surface area contributed by atoms with Gasteiger partial charge in [0, 0.05) is 16.1 Å². The van der Waals surface area contributed by atoms with Crippen molar-refractivity contribution in [3.8, 4) is 11.5 Å². The fourth-order valence-corrected chi connectivity index (χ4v) is 2.15. The zero-order valence-electron chi connectivity index (χ0n) is 10.5. The summed E-state index contributed by atoms with van der Waals surface area (Å²) in [5.74, 6) is -1.47. The normalized spacial score (nSPS) is 10.8. The third-order valence-corrected chi connectivity index (χ3v) is 3.30. The van der Waals surface area contributed by atoms with E-state index in [0.717, 1.165) is 6.08 Å². The molecule has 0 radical (unpaired) electrons. The Kier molecular flexibility index (Phi) is 4.98. The smallest absolute Gasteiger partial charge is 0.328 e. The molecule has 0 aliphatic carbocycles. The van der Waals surface area contributed by atoms with Gasteiger partial charge < -0.3 is 9.84 Å². The summed E-state index contributed by atoms with van der Waals surface area (Å²) in [6, 6.07) is 9.19. The Balaban J connectivity index is 2.41. The highest BCUT2D eigenvalue weighted by molar-refractivity contribution is 9.10. The molecule has 0 fully saturated rings. The fraction of sp³-hybridized carbons (Fsp3) is 0. The fourth-order valence-electron chi connectivity index (χ4n) is 1.59. The van der Waals surface area contributed by atoms with Crippen molar-refractivity contribution < 1.29 is 19.0 Å². The van der Waals surface area contributed by atoms with E-state index >= 15 is 0 Å². The molecule has 0 heterocycles. The first-order chi connectivity index (χ1) is 9.97. The van der Waals surface area contributed by atoms with E-state index in [4.69, 9.17) is 21.4 Å². The number of carboxylic acids is 1. The number of para-hydroxylation sites is 1. The van der Waals surface area contributed by atoms with Crippen molar-refractivity contribution in [1.82, 2.24) is 0 Å². The lowest BCUT2D eigenvalue weighted by Crippen LogP contribution is -1.93. The number of ether oxygens (including phenoxy) is 1. The van der Waals surface area contributed by atoms with Crippen LogP contribution >= 0.6 is 27.5 Å². The summed E-state index contributed by atoms with van der Waals surface area (Å²) in [5, 5.41) is 8.93. The molecule has 0 unspecified atom stereocenters. The predicted molar refractivity (Wildman–Crippen MR) is 82.3 cm³/mol. The lowest BCUT2D eigenvalue weighted by molar-refractivity contribution is -0.131. The van der Waals surface area contributed by atoms with E-state index in [0.29, 0.717) is 10.0 Å². The predicted octanol–water partition coefficient (Wildman–Crippen LogP) is 5.13. The molecule has 0 atom stereocenters. The van der Waals surface area contributed by atoms with Gasteiger partial charge in [-0.05, 0) is 30.3 Å². The molecule has 0 aliphatic rings.